The zero-order chi connectivity index (χ0) is 20.9. The maximum atomic E-state index is 12.7. The van der Waals surface area contributed by atoms with Crippen molar-refractivity contribution >= 4 is 27.7 Å². The van der Waals surface area contributed by atoms with Crippen LogP contribution in [-0.4, -0.2) is 35.9 Å². The Bertz CT molecular complexity index is 1460. The Morgan fingerprint density at radius 1 is 1.03 bits per heavy atom. The topological polar surface area (TPSA) is 100 Å². The largest absolute Gasteiger partial charge is 0.300 e. The molecule has 1 aromatic carbocycles. The van der Waals surface area contributed by atoms with Gasteiger partial charge in [0.2, 0.25) is 5.78 Å². The molecule has 1 aliphatic carbocycles. The minimum atomic E-state index is -0.132. The summed E-state index contributed by atoms with van der Waals surface area (Å²) in [6.45, 7) is 1.91. The third-order valence-corrected chi connectivity index (χ3v) is 5.76. The SMILES string of the molecule is Cc1cccc(CC(=O)c2nc3cc4[nH][nH]c(-c5ccnc(C6CC6)c5)c4cc3n2)n1. The van der Waals surface area contributed by atoms with Crippen LogP contribution < -0.4 is 0 Å². The van der Waals surface area contributed by atoms with Crippen LogP contribution in [0.4, 0.5) is 0 Å². The fraction of sp³-hybridized carbons (Fsp3) is 0.208. The Morgan fingerprint density at radius 2 is 1.87 bits per heavy atom. The van der Waals surface area contributed by atoms with E-state index in [-0.39, 0.29) is 18.0 Å². The van der Waals surface area contributed by atoms with Crippen LogP contribution in [0.15, 0.2) is 48.7 Å². The Labute approximate surface area is 178 Å². The molecular formula is C24H20N6O. The first-order valence-electron chi connectivity index (χ1n) is 10.4. The van der Waals surface area contributed by atoms with E-state index in [9.17, 15) is 4.79 Å². The predicted octanol–water partition coefficient (Wildman–Crippen LogP) is 4.51. The van der Waals surface area contributed by atoms with Crippen molar-refractivity contribution < 1.29 is 4.79 Å². The molecule has 0 unspecified atom stereocenters. The number of nitrogens with zero attached hydrogens (tertiary/aromatic N) is 4. The van der Waals surface area contributed by atoms with Crippen molar-refractivity contribution in [3.05, 3.63) is 71.6 Å². The van der Waals surface area contributed by atoms with Crippen LogP contribution in [-0.2, 0) is 6.42 Å². The first kappa shape index (κ1) is 17.9. The number of ketones is 1. The number of nitrogens with one attached hydrogen (secondary N) is 2. The molecule has 1 aliphatic rings. The molecule has 7 nitrogen and oxygen atoms in total. The third kappa shape index (κ3) is 3.28. The Kier molecular flexibility index (Phi) is 3.96. The monoisotopic (exact) mass is 408 g/mol. The Balaban J connectivity index is 1.36. The smallest absolute Gasteiger partial charge is 0.206 e. The second kappa shape index (κ2) is 6.84. The highest BCUT2D eigenvalue weighted by atomic mass is 16.1. The van der Waals surface area contributed by atoms with E-state index in [2.05, 4.69) is 36.2 Å². The average Bonchev–Trinajstić information content (AvgIpc) is 3.41. The third-order valence-electron chi connectivity index (χ3n) is 5.76. The van der Waals surface area contributed by atoms with Crippen molar-refractivity contribution in [1.29, 1.82) is 0 Å². The summed E-state index contributed by atoms with van der Waals surface area (Å²) in [5.74, 6) is 0.693. The number of pyridine rings is 2. The molecule has 6 rings (SSSR count). The number of H-pyrrole nitrogens is 2. The summed E-state index contributed by atoms with van der Waals surface area (Å²) in [5.41, 5.74) is 7.16. The second-order valence-corrected chi connectivity index (χ2v) is 8.17. The van der Waals surface area contributed by atoms with Crippen molar-refractivity contribution in [3.8, 4) is 11.3 Å². The Morgan fingerprint density at radius 3 is 2.68 bits per heavy atom. The normalized spacial score (nSPS) is 13.8. The van der Waals surface area contributed by atoms with Gasteiger partial charge in [0, 0.05) is 40.1 Å². The van der Waals surface area contributed by atoms with E-state index in [1.54, 1.807) is 0 Å². The van der Waals surface area contributed by atoms with E-state index in [1.807, 2.05) is 49.5 Å². The number of carbonyl (C=O) groups excluding carboxylic acids is 1. The lowest BCUT2D eigenvalue weighted by molar-refractivity contribution is 0.0983. The van der Waals surface area contributed by atoms with Gasteiger partial charge in [0.15, 0.2) is 5.82 Å². The molecule has 5 aromatic rings. The van der Waals surface area contributed by atoms with Crippen LogP contribution in [0.2, 0.25) is 0 Å². The van der Waals surface area contributed by atoms with Crippen LogP contribution in [0.5, 0.6) is 0 Å². The zero-order valence-corrected chi connectivity index (χ0v) is 17.0. The Hall–Kier alpha value is -3.87. The lowest BCUT2D eigenvalue weighted by Crippen LogP contribution is -2.07. The number of aromatic nitrogens is 6. The van der Waals surface area contributed by atoms with Crippen molar-refractivity contribution in [2.24, 2.45) is 0 Å². The lowest BCUT2D eigenvalue weighted by atomic mass is 10.1. The van der Waals surface area contributed by atoms with Gasteiger partial charge in [0.05, 0.1) is 28.7 Å². The van der Waals surface area contributed by atoms with Gasteiger partial charge < -0.3 is 5.10 Å². The fourth-order valence-corrected chi connectivity index (χ4v) is 4.02. The number of imidazole rings is 1. The van der Waals surface area contributed by atoms with E-state index in [0.29, 0.717) is 17.0 Å². The molecule has 0 bridgehead atoms. The summed E-state index contributed by atoms with van der Waals surface area (Å²) < 4.78 is 0. The number of aryl methyl sites for hydroxylation is 1. The lowest BCUT2D eigenvalue weighted by Gasteiger charge is -2.02. The summed E-state index contributed by atoms with van der Waals surface area (Å²) in [7, 11) is 0. The van der Waals surface area contributed by atoms with Crippen molar-refractivity contribution in [2.45, 2.75) is 32.1 Å². The van der Waals surface area contributed by atoms with Gasteiger partial charge in [-0.2, -0.15) is 0 Å². The summed E-state index contributed by atoms with van der Waals surface area (Å²) in [4.78, 5) is 30.7. The fourth-order valence-electron chi connectivity index (χ4n) is 4.02. The quantitative estimate of drug-likeness (QED) is 0.417. The summed E-state index contributed by atoms with van der Waals surface area (Å²) in [6, 6.07) is 13.7. The van der Waals surface area contributed by atoms with Crippen LogP contribution in [0.1, 0.15) is 46.5 Å². The molecule has 0 saturated heterocycles. The maximum Gasteiger partial charge on any atom is 0.206 e. The number of rotatable bonds is 5. The molecule has 0 radical (unpaired) electrons. The number of fused-ring (bicyclic) bond motifs is 2. The number of aromatic amines is 2. The number of Topliss-reactive ketones (excluding diaryl/α,β-unsaturated/α-hetero) is 1. The molecule has 2 N–H and O–H groups in total. The van der Waals surface area contributed by atoms with Crippen LogP contribution in [0, 0.1) is 6.92 Å². The van der Waals surface area contributed by atoms with E-state index in [4.69, 9.17) is 0 Å². The van der Waals surface area contributed by atoms with Crippen LogP contribution in [0.3, 0.4) is 0 Å². The van der Waals surface area contributed by atoms with Gasteiger partial charge in [-0.25, -0.2) is 9.97 Å². The summed E-state index contributed by atoms with van der Waals surface area (Å²) in [6.07, 6.45) is 4.49. The van der Waals surface area contributed by atoms with Gasteiger partial charge in [-0.1, -0.05) is 6.07 Å². The van der Waals surface area contributed by atoms with Gasteiger partial charge in [0.25, 0.3) is 0 Å². The molecule has 7 heteroatoms. The standard InChI is InChI=1S/C24H20N6O/c1-13-3-2-4-16(26-13)10-22(31)24-27-20-11-17-19(12-21(20)28-24)29-30-23(17)15-7-8-25-18(9-15)14-5-6-14/h2-4,7-9,11-12,14,29-30H,5-6,10H2,1H3. The molecule has 31 heavy (non-hydrogen) atoms. The van der Waals surface area contributed by atoms with E-state index >= 15 is 0 Å². The van der Waals surface area contributed by atoms with Crippen molar-refractivity contribution in [3.63, 3.8) is 0 Å². The van der Waals surface area contributed by atoms with Crippen LogP contribution in [0.25, 0.3) is 33.2 Å². The van der Waals surface area contributed by atoms with Gasteiger partial charge >= 0.3 is 0 Å². The molecule has 4 heterocycles. The summed E-state index contributed by atoms with van der Waals surface area (Å²) >= 11 is 0. The molecule has 0 amide bonds. The van der Waals surface area contributed by atoms with E-state index in [1.165, 1.54) is 12.8 Å². The highest BCUT2D eigenvalue weighted by molar-refractivity contribution is 6.03. The molecule has 0 spiro atoms. The molecule has 0 atom stereocenters. The minimum absolute atomic E-state index is 0.132. The molecule has 1 fully saturated rings. The van der Waals surface area contributed by atoms with E-state index in [0.717, 1.165) is 39.2 Å². The van der Waals surface area contributed by atoms with Gasteiger partial charge in [-0.15, -0.1) is 0 Å². The van der Waals surface area contributed by atoms with Gasteiger partial charge in [-0.05, 0) is 56.2 Å². The number of hydrogen-bond donors (Lipinski definition) is 2. The van der Waals surface area contributed by atoms with Gasteiger partial charge in [0.1, 0.15) is 0 Å². The first-order chi connectivity index (χ1) is 15.1. The zero-order valence-electron chi connectivity index (χ0n) is 17.0. The second-order valence-electron chi connectivity index (χ2n) is 8.17. The molecule has 4 aromatic heterocycles. The summed E-state index contributed by atoms with van der Waals surface area (Å²) in [5, 5.41) is 7.51. The molecule has 0 aliphatic heterocycles. The van der Waals surface area contributed by atoms with Crippen molar-refractivity contribution in [2.75, 3.05) is 0 Å². The number of hydrogen-bond acceptors (Lipinski definition) is 5. The highest BCUT2D eigenvalue weighted by Crippen LogP contribution is 2.40. The molecule has 1 saturated carbocycles. The maximum absolute atomic E-state index is 12.7. The van der Waals surface area contributed by atoms with Crippen LogP contribution >= 0.6 is 0 Å². The minimum Gasteiger partial charge on any atom is -0.300 e. The molecular weight excluding hydrogens is 388 g/mol. The van der Waals surface area contributed by atoms with E-state index < -0.39 is 0 Å². The molecule has 152 valence electrons. The first-order valence-corrected chi connectivity index (χ1v) is 10.4. The predicted molar refractivity (Wildman–Crippen MR) is 118 cm³/mol. The number of carbonyl (C=O) groups is 1. The van der Waals surface area contributed by atoms with Gasteiger partial charge in [-0.3, -0.25) is 19.9 Å². The highest BCUT2D eigenvalue weighted by Gasteiger charge is 2.25. The number of benzene rings is 1. The van der Waals surface area contributed by atoms with Crippen molar-refractivity contribution in [1.82, 2.24) is 30.1 Å². The average molecular weight is 408 g/mol.